The molecule has 0 aliphatic rings. The Hall–Kier alpha value is -0.110. The zero-order valence-electron chi connectivity index (χ0n) is 6.21. The molecule has 0 unspecified atom stereocenters. The van der Waals surface area contributed by atoms with Gasteiger partial charge < -0.3 is 20.4 Å². The fraction of sp³-hybridized carbons (Fsp3) is 0.667. The maximum Gasteiger partial charge on any atom is 0.299 e. The Morgan fingerprint density at radius 1 is 1.67 bits per heavy atom. The second-order valence-corrected chi connectivity index (χ2v) is 3.68. The minimum Gasteiger partial charge on any atom is -0.756 e. The van der Waals surface area contributed by atoms with Gasteiger partial charge in [-0.05, 0) is 11.8 Å². The third-order valence-electron chi connectivity index (χ3n) is 0.387. The highest BCUT2D eigenvalue weighted by Crippen LogP contribution is 2.18. The van der Waals surface area contributed by atoms with Crippen LogP contribution in [0.3, 0.4) is 0 Å². The first-order chi connectivity index (χ1) is 5.27. The van der Waals surface area contributed by atoms with Crippen molar-refractivity contribution < 1.29 is 24.7 Å². The average Bonchev–Trinajstić information content (AvgIpc) is 1.79. The van der Waals surface area contributed by atoms with E-state index in [0.29, 0.717) is 11.7 Å². The van der Waals surface area contributed by atoms with Gasteiger partial charge in [0.15, 0.2) is 0 Å². The smallest absolute Gasteiger partial charge is 0.299 e. The number of phosphoric acid groups is 1. The predicted molar refractivity (Wildman–Crippen MR) is 44.7 cm³/mol. The largest absolute Gasteiger partial charge is 0.756 e. The van der Waals surface area contributed by atoms with E-state index in [2.05, 4.69) is 0 Å². The summed E-state index contributed by atoms with van der Waals surface area (Å²) in [7, 11) is -4.89. The number of rotatable bonds is 2. The van der Waals surface area contributed by atoms with Gasteiger partial charge in [-0.2, -0.15) is 0 Å². The van der Waals surface area contributed by atoms with Gasteiger partial charge in [-0.3, -0.25) is 15.7 Å². The Morgan fingerprint density at radius 2 is 2.00 bits per heavy atom. The Morgan fingerprint density at radius 3 is 2.08 bits per heavy atom. The third-order valence-corrected chi connectivity index (χ3v) is 1.16. The number of thioether (sulfide) groups is 1. The SMILES string of the molecule is NCCSC(N)=[NH2+].O=P([O-])(O)O. The van der Waals surface area contributed by atoms with E-state index in [-0.39, 0.29) is 0 Å². The summed E-state index contributed by atoms with van der Waals surface area (Å²) in [6, 6.07) is 0. The lowest BCUT2D eigenvalue weighted by Crippen LogP contribution is -2.43. The molecule has 9 heteroatoms. The minimum absolute atomic E-state index is 0.394. The highest BCUT2D eigenvalue weighted by atomic mass is 32.2. The van der Waals surface area contributed by atoms with Gasteiger partial charge >= 0.3 is 0 Å². The standard InChI is InChI=1S/C3H9N3S.H3O4P/c4-1-2-7-3(5)6;1-5(2,3)4/h1-2,4H2,(H3,5,6);(H3,1,2,3,4). The van der Waals surface area contributed by atoms with E-state index in [1.54, 1.807) is 0 Å². The normalized spacial score (nSPS) is 10.0. The lowest BCUT2D eigenvalue weighted by atomic mass is 10.8. The fourth-order valence-corrected chi connectivity index (χ4v) is 0.530. The second kappa shape index (κ2) is 7.53. The molecule has 0 rings (SSSR count). The van der Waals surface area contributed by atoms with Crippen molar-refractivity contribution in [3.8, 4) is 0 Å². The summed E-state index contributed by atoms with van der Waals surface area (Å²) in [5, 5.41) is 5.47. The van der Waals surface area contributed by atoms with Crippen molar-refractivity contribution in [3.05, 3.63) is 0 Å². The van der Waals surface area contributed by atoms with E-state index in [4.69, 9.17) is 36.1 Å². The lowest BCUT2D eigenvalue weighted by Gasteiger charge is -2.01. The molecule has 0 aromatic carbocycles. The van der Waals surface area contributed by atoms with Gasteiger partial charge in [-0.15, -0.1) is 0 Å². The van der Waals surface area contributed by atoms with Gasteiger partial charge in [0.1, 0.15) is 0 Å². The van der Waals surface area contributed by atoms with Crippen LogP contribution in [0.25, 0.3) is 0 Å². The summed E-state index contributed by atoms with van der Waals surface area (Å²) >= 11 is 1.38. The molecule has 7 nitrogen and oxygen atoms in total. The van der Waals surface area contributed by atoms with E-state index >= 15 is 0 Å². The summed E-state index contributed by atoms with van der Waals surface area (Å²) in [5.74, 6) is 0.808. The monoisotopic (exact) mass is 217 g/mol. The average molecular weight is 217 g/mol. The van der Waals surface area contributed by atoms with E-state index in [1.165, 1.54) is 11.8 Å². The Labute approximate surface area is 73.9 Å². The van der Waals surface area contributed by atoms with Crippen LogP contribution in [0.15, 0.2) is 0 Å². The summed E-state index contributed by atoms with van der Waals surface area (Å²) < 4.78 is 8.77. The highest BCUT2D eigenvalue weighted by molar-refractivity contribution is 8.13. The van der Waals surface area contributed by atoms with Crippen LogP contribution in [0, 0.1) is 0 Å². The van der Waals surface area contributed by atoms with Crippen molar-refractivity contribution in [1.82, 2.24) is 0 Å². The van der Waals surface area contributed by atoms with Gasteiger partial charge in [0.25, 0.3) is 13.0 Å². The molecule has 0 aromatic rings. The Kier molecular flexibility index (Phi) is 9.05. The van der Waals surface area contributed by atoms with Crippen molar-refractivity contribution >= 4 is 24.8 Å². The van der Waals surface area contributed by atoms with E-state index < -0.39 is 7.82 Å². The molecule has 0 fully saturated rings. The number of hydrogen-bond acceptors (Lipinski definition) is 4. The molecule has 12 heavy (non-hydrogen) atoms. The molecule has 0 amide bonds. The zero-order valence-corrected chi connectivity index (χ0v) is 7.92. The van der Waals surface area contributed by atoms with E-state index in [9.17, 15) is 0 Å². The topological polar surface area (TPSA) is 158 Å². The van der Waals surface area contributed by atoms with Crippen LogP contribution in [-0.2, 0) is 4.57 Å². The number of hydrogen-bond donors (Lipinski definition) is 5. The van der Waals surface area contributed by atoms with Crippen molar-refractivity contribution in [1.29, 1.82) is 0 Å². The maximum atomic E-state index is 8.77. The van der Waals surface area contributed by atoms with Crippen molar-refractivity contribution in [3.63, 3.8) is 0 Å². The molecule has 0 heterocycles. The summed E-state index contributed by atoms with van der Waals surface area (Å²) in [6.45, 7) is 0.628. The van der Waals surface area contributed by atoms with Crippen LogP contribution < -0.4 is 21.8 Å². The third kappa shape index (κ3) is 51.7. The molecule has 0 aromatic heterocycles. The first kappa shape index (κ1) is 14.4. The number of nitrogens with two attached hydrogens (primary N) is 3. The van der Waals surface area contributed by atoms with Crippen LogP contribution in [0.4, 0.5) is 0 Å². The molecule has 8 N–H and O–H groups in total. The van der Waals surface area contributed by atoms with Crippen LogP contribution in [0.5, 0.6) is 0 Å². The van der Waals surface area contributed by atoms with Crippen LogP contribution in [0.2, 0.25) is 0 Å². The lowest BCUT2D eigenvalue weighted by molar-refractivity contribution is -0.214. The number of amidine groups is 1. The van der Waals surface area contributed by atoms with Gasteiger partial charge in [0.2, 0.25) is 0 Å². The molecule has 0 saturated carbocycles. The highest BCUT2D eigenvalue weighted by Gasteiger charge is 1.90. The molecule has 0 aliphatic carbocycles. The van der Waals surface area contributed by atoms with Crippen molar-refractivity contribution in [2.24, 2.45) is 11.5 Å². The van der Waals surface area contributed by atoms with Crippen LogP contribution in [-0.4, -0.2) is 27.3 Å². The quantitative estimate of drug-likeness (QED) is 0.180. The first-order valence-electron chi connectivity index (χ1n) is 2.74. The maximum absolute atomic E-state index is 8.77. The summed E-state index contributed by atoms with van der Waals surface area (Å²) in [6.07, 6.45) is 0. The Balaban J connectivity index is 0. The molecular formula is C3H12N3O4PS. The van der Waals surface area contributed by atoms with Crippen LogP contribution >= 0.6 is 19.6 Å². The van der Waals surface area contributed by atoms with E-state index in [0.717, 1.165) is 5.75 Å². The van der Waals surface area contributed by atoms with Gasteiger partial charge in [-0.25, -0.2) is 0 Å². The van der Waals surface area contributed by atoms with E-state index in [1.807, 2.05) is 0 Å². The van der Waals surface area contributed by atoms with Crippen molar-refractivity contribution in [2.75, 3.05) is 12.3 Å². The summed E-state index contributed by atoms with van der Waals surface area (Å²) in [5.41, 5.74) is 10.2. The second-order valence-electron chi connectivity index (χ2n) is 1.53. The molecule has 0 bridgehead atoms. The molecule has 74 valence electrons. The Bertz CT molecular complexity index is 163. The first-order valence-corrected chi connectivity index (χ1v) is 5.26. The van der Waals surface area contributed by atoms with Crippen molar-refractivity contribution in [2.45, 2.75) is 0 Å². The molecule has 0 aliphatic heterocycles. The molecular weight excluding hydrogens is 205 g/mol. The zero-order chi connectivity index (χ0) is 10.2. The fourth-order valence-electron chi connectivity index (χ4n) is 0.177. The molecule has 0 atom stereocenters. The minimum atomic E-state index is -4.89. The summed E-state index contributed by atoms with van der Waals surface area (Å²) in [4.78, 5) is 22.9. The van der Waals surface area contributed by atoms with Gasteiger partial charge in [-0.1, -0.05) is 0 Å². The molecule has 0 radical (unpaired) electrons. The molecule has 0 spiro atoms. The van der Waals surface area contributed by atoms with Gasteiger partial charge in [0.05, 0.1) is 0 Å². The molecule has 0 saturated heterocycles. The predicted octanol–water partition coefficient (Wildman–Crippen LogP) is -3.81. The van der Waals surface area contributed by atoms with Gasteiger partial charge in [0, 0.05) is 12.3 Å². The van der Waals surface area contributed by atoms with Crippen LogP contribution in [0.1, 0.15) is 0 Å².